The molecule has 1 aromatic carbocycles. The second-order valence-electron chi connectivity index (χ2n) is 5.03. The molecule has 0 amide bonds. The predicted octanol–water partition coefficient (Wildman–Crippen LogP) is 3.10. The minimum Gasteiger partial charge on any atom is -0.384 e. The average Bonchev–Trinajstić information content (AvgIpc) is 2.37. The van der Waals surface area contributed by atoms with Crippen LogP contribution >= 0.6 is 0 Å². The third-order valence-corrected chi connectivity index (χ3v) is 2.87. The van der Waals surface area contributed by atoms with Crippen LogP contribution in [0.2, 0.25) is 0 Å². The Kier molecular flexibility index (Phi) is 4.00. The van der Waals surface area contributed by atoms with Gasteiger partial charge in [-0.15, -0.1) is 0 Å². The fourth-order valence-corrected chi connectivity index (χ4v) is 1.73. The number of benzene rings is 1. The van der Waals surface area contributed by atoms with E-state index < -0.39 is 0 Å². The van der Waals surface area contributed by atoms with Gasteiger partial charge >= 0.3 is 0 Å². The highest BCUT2D eigenvalue weighted by Gasteiger charge is 2.06. The molecule has 0 saturated carbocycles. The molecule has 0 aliphatic rings. The first kappa shape index (κ1) is 13.3. The molecule has 2 rings (SSSR count). The monoisotopic (exact) mass is 256 g/mol. The number of rotatable bonds is 4. The fraction of sp³-hybridized carbons (Fsp3) is 0.333. The van der Waals surface area contributed by atoms with E-state index in [0.717, 1.165) is 18.2 Å². The first-order valence-electron chi connectivity index (χ1n) is 6.48. The maximum atomic E-state index is 5.79. The summed E-state index contributed by atoms with van der Waals surface area (Å²) in [5.41, 5.74) is 8.27. The van der Waals surface area contributed by atoms with Crippen molar-refractivity contribution in [3.05, 3.63) is 47.3 Å². The van der Waals surface area contributed by atoms with Crippen molar-refractivity contribution in [2.24, 2.45) is 0 Å². The van der Waals surface area contributed by atoms with Gasteiger partial charge in [0.1, 0.15) is 17.5 Å². The molecular weight excluding hydrogens is 236 g/mol. The van der Waals surface area contributed by atoms with Crippen LogP contribution in [-0.4, -0.2) is 9.97 Å². The molecule has 1 heterocycles. The van der Waals surface area contributed by atoms with Crippen molar-refractivity contribution in [3.63, 3.8) is 0 Å². The number of anilines is 2. The topological polar surface area (TPSA) is 63.8 Å². The Morgan fingerprint density at radius 2 is 1.84 bits per heavy atom. The Morgan fingerprint density at radius 3 is 2.47 bits per heavy atom. The molecule has 0 bridgehead atoms. The second-order valence-corrected chi connectivity index (χ2v) is 5.03. The van der Waals surface area contributed by atoms with E-state index >= 15 is 0 Å². The lowest BCUT2D eigenvalue weighted by atomic mass is 10.1. The third kappa shape index (κ3) is 3.68. The number of hydrogen-bond donors (Lipinski definition) is 2. The molecule has 1 aromatic heterocycles. The number of hydrogen-bond acceptors (Lipinski definition) is 4. The molecule has 0 aliphatic heterocycles. The van der Waals surface area contributed by atoms with Crippen molar-refractivity contribution < 1.29 is 0 Å². The third-order valence-electron chi connectivity index (χ3n) is 2.87. The molecule has 19 heavy (non-hydrogen) atoms. The Balaban J connectivity index is 2.08. The number of nitrogens with one attached hydrogen (secondary N) is 1. The van der Waals surface area contributed by atoms with Crippen LogP contribution in [0.5, 0.6) is 0 Å². The largest absolute Gasteiger partial charge is 0.384 e. The van der Waals surface area contributed by atoms with Gasteiger partial charge in [-0.1, -0.05) is 43.7 Å². The summed E-state index contributed by atoms with van der Waals surface area (Å²) in [6, 6.07) is 10.2. The van der Waals surface area contributed by atoms with E-state index in [4.69, 9.17) is 5.73 Å². The van der Waals surface area contributed by atoms with E-state index in [9.17, 15) is 0 Å². The first-order valence-corrected chi connectivity index (χ1v) is 6.48. The van der Waals surface area contributed by atoms with E-state index in [0.29, 0.717) is 5.82 Å². The Morgan fingerprint density at radius 1 is 1.16 bits per heavy atom. The zero-order valence-corrected chi connectivity index (χ0v) is 11.6. The number of aromatic nitrogens is 2. The average molecular weight is 256 g/mol. The summed E-state index contributed by atoms with van der Waals surface area (Å²) in [6.45, 7) is 6.92. The Bertz CT molecular complexity index is 547. The van der Waals surface area contributed by atoms with Gasteiger partial charge in [0.25, 0.3) is 0 Å². The van der Waals surface area contributed by atoms with Crippen LogP contribution in [-0.2, 0) is 6.54 Å². The number of nitrogens with two attached hydrogens (primary N) is 1. The van der Waals surface area contributed by atoms with E-state index in [2.05, 4.69) is 60.3 Å². The van der Waals surface area contributed by atoms with Gasteiger partial charge in [-0.05, 0) is 12.5 Å². The Hall–Kier alpha value is -2.10. The fourth-order valence-electron chi connectivity index (χ4n) is 1.73. The lowest BCUT2D eigenvalue weighted by Gasteiger charge is -2.10. The molecule has 3 N–H and O–H groups in total. The van der Waals surface area contributed by atoms with Crippen LogP contribution in [0.15, 0.2) is 30.3 Å². The van der Waals surface area contributed by atoms with E-state index in [1.165, 1.54) is 11.1 Å². The van der Waals surface area contributed by atoms with Crippen molar-refractivity contribution >= 4 is 11.6 Å². The molecule has 0 unspecified atom stereocenters. The van der Waals surface area contributed by atoms with Gasteiger partial charge in [0.05, 0.1) is 0 Å². The molecule has 0 radical (unpaired) electrons. The molecule has 0 saturated heterocycles. The summed E-state index contributed by atoms with van der Waals surface area (Å²) >= 11 is 0. The number of nitrogens with zero attached hydrogens (tertiary/aromatic N) is 2. The van der Waals surface area contributed by atoms with Crippen LogP contribution < -0.4 is 11.1 Å². The quantitative estimate of drug-likeness (QED) is 0.882. The van der Waals surface area contributed by atoms with Gasteiger partial charge in [-0.2, -0.15) is 0 Å². The normalized spacial score (nSPS) is 10.7. The molecular formula is C15H20N4. The van der Waals surface area contributed by atoms with Crippen molar-refractivity contribution in [2.45, 2.75) is 33.2 Å². The molecule has 2 aromatic rings. The maximum Gasteiger partial charge on any atom is 0.135 e. The van der Waals surface area contributed by atoms with Crippen LogP contribution in [0.3, 0.4) is 0 Å². The summed E-state index contributed by atoms with van der Waals surface area (Å²) in [4.78, 5) is 8.69. The minimum atomic E-state index is 0.267. The van der Waals surface area contributed by atoms with E-state index in [1.54, 1.807) is 6.07 Å². The predicted molar refractivity (Wildman–Crippen MR) is 79.0 cm³/mol. The second kappa shape index (κ2) is 5.69. The lowest BCUT2D eigenvalue weighted by molar-refractivity contribution is 0.777. The van der Waals surface area contributed by atoms with Crippen LogP contribution in [0.25, 0.3) is 0 Å². The maximum absolute atomic E-state index is 5.79. The van der Waals surface area contributed by atoms with Gasteiger partial charge in [-0.3, -0.25) is 0 Å². The van der Waals surface area contributed by atoms with Crippen LogP contribution in [0.4, 0.5) is 11.6 Å². The smallest absolute Gasteiger partial charge is 0.135 e. The molecule has 4 heteroatoms. The summed E-state index contributed by atoms with van der Waals surface area (Å²) in [5, 5.41) is 3.29. The van der Waals surface area contributed by atoms with Crippen molar-refractivity contribution in [1.29, 1.82) is 0 Å². The molecule has 4 nitrogen and oxygen atoms in total. The van der Waals surface area contributed by atoms with Crippen LogP contribution in [0.1, 0.15) is 36.7 Å². The zero-order chi connectivity index (χ0) is 13.8. The van der Waals surface area contributed by atoms with E-state index in [1.807, 2.05) is 0 Å². The lowest BCUT2D eigenvalue weighted by Crippen LogP contribution is -2.07. The zero-order valence-electron chi connectivity index (χ0n) is 11.6. The highest BCUT2D eigenvalue weighted by atomic mass is 15.0. The summed E-state index contributed by atoms with van der Waals surface area (Å²) in [7, 11) is 0. The highest BCUT2D eigenvalue weighted by Crippen LogP contribution is 2.15. The van der Waals surface area contributed by atoms with Crippen molar-refractivity contribution in [2.75, 3.05) is 11.1 Å². The standard InChI is InChI=1S/C15H20N4/c1-10(2)15-18-13(16)8-14(19-15)17-9-12-6-4-11(3)5-7-12/h4-8,10H,9H2,1-3H3,(H3,16,17,18,19). The molecule has 0 fully saturated rings. The molecule has 0 atom stereocenters. The number of aryl methyl sites for hydroxylation is 1. The molecule has 0 aliphatic carbocycles. The number of nitrogen functional groups attached to an aromatic ring is 1. The van der Waals surface area contributed by atoms with Gasteiger partial charge in [0.15, 0.2) is 0 Å². The summed E-state index contributed by atoms with van der Waals surface area (Å²) < 4.78 is 0. The van der Waals surface area contributed by atoms with Gasteiger partial charge in [-0.25, -0.2) is 9.97 Å². The Labute approximate surface area is 114 Å². The van der Waals surface area contributed by atoms with Crippen LogP contribution in [0, 0.1) is 6.92 Å². The molecule has 0 spiro atoms. The minimum absolute atomic E-state index is 0.267. The SMILES string of the molecule is Cc1ccc(CNc2cc(N)nc(C(C)C)n2)cc1. The van der Waals surface area contributed by atoms with Gasteiger partial charge in [0.2, 0.25) is 0 Å². The highest BCUT2D eigenvalue weighted by molar-refractivity contribution is 5.45. The van der Waals surface area contributed by atoms with Crippen molar-refractivity contribution in [3.8, 4) is 0 Å². The first-order chi connectivity index (χ1) is 9.04. The van der Waals surface area contributed by atoms with Gasteiger partial charge in [0, 0.05) is 18.5 Å². The molecule has 100 valence electrons. The van der Waals surface area contributed by atoms with E-state index in [-0.39, 0.29) is 5.92 Å². The summed E-state index contributed by atoms with van der Waals surface area (Å²) in [6.07, 6.45) is 0. The van der Waals surface area contributed by atoms with Gasteiger partial charge < -0.3 is 11.1 Å². The van der Waals surface area contributed by atoms with Crippen molar-refractivity contribution in [1.82, 2.24) is 9.97 Å². The summed E-state index contributed by atoms with van der Waals surface area (Å²) in [5.74, 6) is 2.32.